The fourth-order valence-electron chi connectivity index (χ4n) is 1.22. The minimum atomic E-state index is 0.149. The van der Waals surface area contributed by atoms with Gasteiger partial charge >= 0.3 is 0 Å². The van der Waals surface area contributed by atoms with Crippen molar-refractivity contribution < 1.29 is 5.11 Å². The molecule has 16 heavy (non-hydrogen) atoms. The van der Waals surface area contributed by atoms with E-state index in [1.54, 1.807) is 7.05 Å². The smallest absolute Gasteiger partial charge is 0.229 e. The van der Waals surface area contributed by atoms with Crippen LogP contribution in [-0.4, -0.2) is 39.8 Å². The third-order valence-electron chi connectivity index (χ3n) is 2.00. The summed E-state index contributed by atoms with van der Waals surface area (Å²) in [5.74, 6) is 0.867. The predicted octanol–water partition coefficient (Wildman–Crippen LogP) is 1.14. The standard InChI is InChI=1S/C9H16ClN5O/c1-6(4-3-5-16)12-9-14-7(10)13-8(11-2)15-9/h6,16H,3-5H2,1-2H3,(H2,11,12,13,14,15). The van der Waals surface area contributed by atoms with Gasteiger partial charge in [-0.2, -0.15) is 15.0 Å². The molecular weight excluding hydrogens is 230 g/mol. The molecule has 1 rings (SSSR count). The van der Waals surface area contributed by atoms with Crippen LogP contribution < -0.4 is 10.6 Å². The number of anilines is 2. The predicted molar refractivity (Wildman–Crippen MR) is 63.8 cm³/mol. The molecular formula is C9H16ClN5O. The highest BCUT2D eigenvalue weighted by Gasteiger charge is 2.07. The molecule has 0 aliphatic heterocycles. The quantitative estimate of drug-likeness (QED) is 0.697. The van der Waals surface area contributed by atoms with Gasteiger partial charge in [-0.15, -0.1) is 0 Å². The van der Waals surface area contributed by atoms with Crippen molar-refractivity contribution in [2.75, 3.05) is 24.3 Å². The molecule has 0 radical (unpaired) electrons. The normalized spacial score (nSPS) is 12.2. The SMILES string of the molecule is CNc1nc(Cl)nc(NC(C)CCCO)n1. The first-order valence-corrected chi connectivity index (χ1v) is 5.50. The summed E-state index contributed by atoms with van der Waals surface area (Å²) in [6, 6.07) is 0.176. The molecule has 0 amide bonds. The van der Waals surface area contributed by atoms with Gasteiger partial charge in [0.15, 0.2) is 0 Å². The van der Waals surface area contributed by atoms with Crippen LogP contribution in [0.25, 0.3) is 0 Å². The van der Waals surface area contributed by atoms with Gasteiger partial charge in [0, 0.05) is 19.7 Å². The van der Waals surface area contributed by atoms with Gasteiger partial charge < -0.3 is 15.7 Å². The number of aliphatic hydroxyl groups excluding tert-OH is 1. The van der Waals surface area contributed by atoms with E-state index in [0.29, 0.717) is 11.9 Å². The molecule has 7 heteroatoms. The lowest BCUT2D eigenvalue weighted by molar-refractivity contribution is 0.282. The molecule has 0 saturated heterocycles. The van der Waals surface area contributed by atoms with Gasteiger partial charge in [0.1, 0.15) is 0 Å². The van der Waals surface area contributed by atoms with Gasteiger partial charge in [0.25, 0.3) is 0 Å². The van der Waals surface area contributed by atoms with Gasteiger partial charge in [-0.05, 0) is 31.4 Å². The summed E-state index contributed by atoms with van der Waals surface area (Å²) < 4.78 is 0. The van der Waals surface area contributed by atoms with Crippen molar-refractivity contribution in [3.63, 3.8) is 0 Å². The van der Waals surface area contributed by atoms with E-state index >= 15 is 0 Å². The van der Waals surface area contributed by atoms with E-state index in [0.717, 1.165) is 12.8 Å². The summed E-state index contributed by atoms with van der Waals surface area (Å²) in [4.78, 5) is 11.9. The Morgan fingerprint density at radius 1 is 1.31 bits per heavy atom. The first-order valence-electron chi connectivity index (χ1n) is 5.12. The molecule has 0 bridgehead atoms. The fraction of sp³-hybridized carbons (Fsp3) is 0.667. The Morgan fingerprint density at radius 3 is 2.62 bits per heavy atom. The molecule has 1 unspecified atom stereocenters. The van der Waals surface area contributed by atoms with Crippen LogP contribution in [0.5, 0.6) is 0 Å². The highest BCUT2D eigenvalue weighted by atomic mass is 35.5. The van der Waals surface area contributed by atoms with Crippen LogP contribution in [0, 0.1) is 0 Å². The molecule has 0 saturated carbocycles. The van der Waals surface area contributed by atoms with Gasteiger partial charge in [-0.3, -0.25) is 0 Å². The van der Waals surface area contributed by atoms with E-state index < -0.39 is 0 Å². The average Bonchev–Trinajstić information content (AvgIpc) is 2.25. The van der Waals surface area contributed by atoms with E-state index in [4.69, 9.17) is 16.7 Å². The molecule has 0 fully saturated rings. The van der Waals surface area contributed by atoms with Crippen molar-refractivity contribution in [3.8, 4) is 0 Å². The zero-order valence-corrected chi connectivity index (χ0v) is 10.1. The maximum absolute atomic E-state index is 8.71. The highest BCUT2D eigenvalue weighted by molar-refractivity contribution is 6.28. The number of aromatic nitrogens is 3. The number of nitrogens with one attached hydrogen (secondary N) is 2. The molecule has 0 aromatic carbocycles. The first-order chi connectivity index (χ1) is 7.65. The molecule has 0 spiro atoms. The lowest BCUT2D eigenvalue weighted by Crippen LogP contribution is -2.18. The van der Waals surface area contributed by atoms with Crippen molar-refractivity contribution >= 4 is 23.5 Å². The van der Waals surface area contributed by atoms with Crippen molar-refractivity contribution in [2.24, 2.45) is 0 Å². The molecule has 1 aromatic rings. The van der Waals surface area contributed by atoms with Crippen molar-refractivity contribution in [1.82, 2.24) is 15.0 Å². The van der Waals surface area contributed by atoms with E-state index in [-0.39, 0.29) is 17.9 Å². The Bertz CT molecular complexity index is 336. The Morgan fingerprint density at radius 2 is 2.00 bits per heavy atom. The molecule has 1 atom stereocenters. The Balaban J connectivity index is 2.61. The van der Waals surface area contributed by atoms with Crippen LogP contribution in [0.1, 0.15) is 19.8 Å². The van der Waals surface area contributed by atoms with Gasteiger partial charge in [0.05, 0.1) is 0 Å². The number of halogens is 1. The Kier molecular flexibility index (Phi) is 5.21. The van der Waals surface area contributed by atoms with Gasteiger partial charge in [0.2, 0.25) is 17.2 Å². The first kappa shape index (κ1) is 12.9. The third-order valence-corrected chi connectivity index (χ3v) is 2.17. The van der Waals surface area contributed by atoms with E-state index in [1.165, 1.54) is 0 Å². The molecule has 1 heterocycles. The van der Waals surface area contributed by atoms with Crippen molar-refractivity contribution in [1.29, 1.82) is 0 Å². The number of nitrogens with zero attached hydrogens (tertiary/aromatic N) is 3. The summed E-state index contributed by atoms with van der Waals surface area (Å²) in [5, 5.41) is 14.7. The van der Waals surface area contributed by atoms with E-state index in [2.05, 4.69) is 25.6 Å². The number of hydrogen-bond acceptors (Lipinski definition) is 6. The minimum absolute atomic E-state index is 0.149. The third kappa shape index (κ3) is 4.16. The van der Waals surface area contributed by atoms with Crippen LogP contribution in [0.4, 0.5) is 11.9 Å². The molecule has 3 N–H and O–H groups in total. The lowest BCUT2D eigenvalue weighted by Gasteiger charge is -2.13. The minimum Gasteiger partial charge on any atom is -0.396 e. The fourth-order valence-corrected chi connectivity index (χ4v) is 1.38. The number of hydrogen-bond donors (Lipinski definition) is 3. The maximum Gasteiger partial charge on any atom is 0.229 e. The second kappa shape index (κ2) is 6.44. The lowest BCUT2D eigenvalue weighted by atomic mass is 10.2. The molecule has 6 nitrogen and oxygen atoms in total. The molecule has 1 aromatic heterocycles. The number of aliphatic hydroxyl groups is 1. The van der Waals surface area contributed by atoms with Crippen molar-refractivity contribution in [3.05, 3.63) is 5.28 Å². The van der Waals surface area contributed by atoms with Crippen LogP contribution in [0.2, 0.25) is 5.28 Å². The van der Waals surface area contributed by atoms with E-state index in [9.17, 15) is 0 Å². The van der Waals surface area contributed by atoms with Gasteiger partial charge in [-0.25, -0.2) is 0 Å². The monoisotopic (exact) mass is 245 g/mol. The summed E-state index contributed by atoms with van der Waals surface area (Å²) in [6.45, 7) is 2.18. The summed E-state index contributed by atoms with van der Waals surface area (Å²) in [5.41, 5.74) is 0. The Hall–Kier alpha value is -1.14. The zero-order valence-electron chi connectivity index (χ0n) is 9.37. The topological polar surface area (TPSA) is 83.0 Å². The largest absolute Gasteiger partial charge is 0.396 e. The van der Waals surface area contributed by atoms with Crippen LogP contribution in [-0.2, 0) is 0 Å². The second-order valence-corrected chi connectivity index (χ2v) is 3.75. The highest BCUT2D eigenvalue weighted by Crippen LogP contribution is 2.11. The summed E-state index contributed by atoms with van der Waals surface area (Å²) >= 11 is 5.73. The van der Waals surface area contributed by atoms with Crippen LogP contribution in [0.3, 0.4) is 0 Å². The maximum atomic E-state index is 8.71. The average molecular weight is 246 g/mol. The van der Waals surface area contributed by atoms with E-state index in [1.807, 2.05) is 6.92 Å². The van der Waals surface area contributed by atoms with Crippen LogP contribution in [0.15, 0.2) is 0 Å². The summed E-state index contributed by atoms with van der Waals surface area (Å²) in [7, 11) is 1.71. The van der Waals surface area contributed by atoms with Crippen molar-refractivity contribution in [2.45, 2.75) is 25.8 Å². The summed E-state index contributed by atoms with van der Waals surface area (Å²) in [6.07, 6.45) is 1.58. The molecule has 0 aliphatic carbocycles. The second-order valence-electron chi connectivity index (χ2n) is 3.41. The zero-order chi connectivity index (χ0) is 12.0. The Labute approximate surface area is 99.5 Å². The van der Waals surface area contributed by atoms with Crippen LogP contribution >= 0.6 is 11.6 Å². The molecule has 90 valence electrons. The number of rotatable bonds is 6. The molecule has 0 aliphatic rings. The van der Waals surface area contributed by atoms with Gasteiger partial charge in [-0.1, -0.05) is 0 Å².